The van der Waals surface area contributed by atoms with Crippen molar-refractivity contribution < 1.29 is 9.90 Å². The molecule has 1 aromatic rings. The lowest BCUT2D eigenvalue weighted by atomic mass is 9.91. The van der Waals surface area contributed by atoms with E-state index < -0.39 is 11.4 Å². The second kappa shape index (κ2) is 5.94. The molecule has 0 bridgehead atoms. The first-order valence-electron chi connectivity index (χ1n) is 6.79. The Balaban J connectivity index is 1.94. The monoisotopic (exact) mass is 283 g/mol. The van der Waals surface area contributed by atoms with E-state index in [0.717, 1.165) is 29.7 Å². The Labute approximate surface area is 117 Å². The van der Waals surface area contributed by atoms with Crippen LogP contribution in [0.4, 0.5) is 0 Å². The van der Waals surface area contributed by atoms with Crippen molar-refractivity contribution in [3.8, 4) is 0 Å². The molecule has 0 saturated heterocycles. The minimum absolute atomic E-state index is 0.634. The van der Waals surface area contributed by atoms with Gasteiger partial charge < -0.3 is 9.67 Å². The lowest BCUT2D eigenvalue weighted by Crippen LogP contribution is -2.24. The molecule has 0 spiro atoms. The third-order valence-electron chi connectivity index (χ3n) is 3.61. The van der Waals surface area contributed by atoms with Gasteiger partial charge in [-0.1, -0.05) is 18.2 Å². The van der Waals surface area contributed by atoms with Crippen molar-refractivity contribution >= 4 is 17.7 Å². The number of carboxylic acid groups (broad SMARTS) is 1. The van der Waals surface area contributed by atoms with Gasteiger partial charge in [0.25, 0.3) is 0 Å². The highest BCUT2D eigenvalue weighted by molar-refractivity contribution is 7.99. The fourth-order valence-corrected chi connectivity index (χ4v) is 3.32. The van der Waals surface area contributed by atoms with Gasteiger partial charge >= 0.3 is 5.97 Å². The molecule has 1 aliphatic rings. The molecule has 1 N–H and O–H groups in total. The predicted molar refractivity (Wildman–Crippen MR) is 74.3 cm³/mol. The molecule has 6 heteroatoms. The summed E-state index contributed by atoms with van der Waals surface area (Å²) >= 11 is 1.62. The van der Waals surface area contributed by atoms with E-state index in [1.807, 2.05) is 0 Å². The van der Waals surface area contributed by atoms with Gasteiger partial charge in [-0.25, -0.2) is 0 Å². The lowest BCUT2D eigenvalue weighted by Gasteiger charge is -2.18. The predicted octanol–water partition coefficient (Wildman–Crippen LogP) is 2.60. The van der Waals surface area contributed by atoms with Gasteiger partial charge in [0.15, 0.2) is 5.16 Å². The van der Waals surface area contributed by atoms with Crippen LogP contribution in [0.5, 0.6) is 0 Å². The van der Waals surface area contributed by atoms with Crippen LogP contribution in [-0.4, -0.2) is 31.6 Å². The summed E-state index contributed by atoms with van der Waals surface area (Å²) in [5.41, 5.74) is -0.672. The van der Waals surface area contributed by atoms with Crippen LogP contribution in [0.2, 0.25) is 0 Å². The molecule has 0 unspecified atom stereocenters. The largest absolute Gasteiger partial charge is 0.481 e. The molecule has 0 aromatic carbocycles. The molecular weight excluding hydrogens is 262 g/mol. The van der Waals surface area contributed by atoms with Gasteiger partial charge in [0.2, 0.25) is 0 Å². The van der Waals surface area contributed by atoms with Crippen molar-refractivity contribution in [2.45, 2.75) is 57.7 Å². The van der Waals surface area contributed by atoms with E-state index in [0.29, 0.717) is 6.42 Å². The highest BCUT2D eigenvalue weighted by Crippen LogP contribution is 2.27. The van der Waals surface area contributed by atoms with Crippen LogP contribution >= 0.6 is 11.8 Å². The number of aliphatic carboxylic acids is 1. The molecule has 106 valence electrons. The van der Waals surface area contributed by atoms with Gasteiger partial charge in [-0.3, -0.25) is 4.79 Å². The van der Waals surface area contributed by atoms with Crippen molar-refractivity contribution in [1.29, 1.82) is 0 Å². The first-order chi connectivity index (χ1) is 9.00. The smallest absolute Gasteiger partial charge is 0.309 e. The Morgan fingerprint density at radius 1 is 1.37 bits per heavy atom. The molecule has 5 nitrogen and oxygen atoms in total. The number of aryl methyl sites for hydroxylation is 1. The number of carbonyl (C=O) groups is 1. The van der Waals surface area contributed by atoms with Crippen molar-refractivity contribution in [3.05, 3.63) is 5.82 Å². The maximum Gasteiger partial charge on any atom is 0.309 e. The van der Waals surface area contributed by atoms with Crippen LogP contribution in [0.3, 0.4) is 0 Å². The number of hydrogen-bond acceptors (Lipinski definition) is 4. The molecule has 1 aliphatic heterocycles. The van der Waals surface area contributed by atoms with Gasteiger partial charge in [-0.2, -0.15) is 0 Å². The topological polar surface area (TPSA) is 68.0 Å². The minimum Gasteiger partial charge on any atom is -0.481 e. The molecule has 0 aliphatic carbocycles. The second-order valence-electron chi connectivity index (χ2n) is 5.65. The van der Waals surface area contributed by atoms with E-state index in [2.05, 4.69) is 14.8 Å². The fourth-order valence-electron chi connectivity index (χ4n) is 2.07. The minimum atomic E-state index is -0.742. The first-order valence-corrected chi connectivity index (χ1v) is 7.77. The maximum absolute atomic E-state index is 11.0. The van der Waals surface area contributed by atoms with Gasteiger partial charge in [-0.15, -0.1) is 10.2 Å². The Bertz CT molecular complexity index is 457. The van der Waals surface area contributed by atoms with Gasteiger partial charge in [0.1, 0.15) is 5.82 Å². The summed E-state index contributed by atoms with van der Waals surface area (Å²) in [5.74, 6) is 1.10. The zero-order valence-electron chi connectivity index (χ0n) is 11.6. The zero-order chi connectivity index (χ0) is 13.9. The first kappa shape index (κ1) is 14.4. The summed E-state index contributed by atoms with van der Waals surface area (Å²) in [6.45, 7) is 4.52. The number of thioether (sulfide) groups is 1. The Morgan fingerprint density at radius 3 is 2.89 bits per heavy atom. The zero-order valence-corrected chi connectivity index (χ0v) is 12.4. The summed E-state index contributed by atoms with van der Waals surface area (Å²) in [6.07, 6.45) is 5.26. The third-order valence-corrected chi connectivity index (χ3v) is 4.58. The van der Waals surface area contributed by atoms with E-state index in [-0.39, 0.29) is 0 Å². The van der Waals surface area contributed by atoms with Crippen LogP contribution in [-0.2, 0) is 17.8 Å². The Morgan fingerprint density at radius 2 is 2.16 bits per heavy atom. The molecule has 0 radical (unpaired) electrons. The molecule has 0 amide bonds. The highest BCUT2D eigenvalue weighted by Gasteiger charge is 2.27. The van der Waals surface area contributed by atoms with Gasteiger partial charge in [-0.05, 0) is 33.1 Å². The Hall–Kier alpha value is -1.04. The number of carboxylic acids is 1. The fraction of sp³-hybridized carbons (Fsp3) is 0.769. The van der Waals surface area contributed by atoms with E-state index in [1.54, 1.807) is 25.6 Å². The number of hydrogen-bond donors (Lipinski definition) is 1. The second-order valence-corrected chi connectivity index (χ2v) is 6.71. The molecule has 19 heavy (non-hydrogen) atoms. The highest BCUT2D eigenvalue weighted by atomic mass is 32.2. The number of aromatic nitrogens is 3. The quantitative estimate of drug-likeness (QED) is 0.841. The Kier molecular flexibility index (Phi) is 4.50. The van der Waals surface area contributed by atoms with Crippen LogP contribution in [0.25, 0.3) is 0 Å². The number of fused-ring (bicyclic) bond motifs is 1. The number of nitrogens with zero attached hydrogens (tertiary/aromatic N) is 3. The normalized spacial score (nSPS) is 15.9. The maximum atomic E-state index is 11.0. The van der Waals surface area contributed by atoms with Crippen LogP contribution in [0.1, 0.15) is 45.4 Å². The summed E-state index contributed by atoms with van der Waals surface area (Å²) in [4.78, 5) is 11.0. The van der Waals surface area contributed by atoms with Crippen molar-refractivity contribution in [3.63, 3.8) is 0 Å². The van der Waals surface area contributed by atoms with Crippen LogP contribution in [0, 0.1) is 5.41 Å². The van der Waals surface area contributed by atoms with E-state index in [1.165, 1.54) is 19.3 Å². The van der Waals surface area contributed by atoms with E-state index in [9.17, 15) is 4.79 Å². The summed E-state index contributed by atoms with van der Waals surface area (Å²) in [6, 6.07) is 0. The van der Waals surface area contributed by atoms with Gasteiger partial charge in [0, 0.05) is 18.7 Å². The number of rotatable bonds is 5. The van der Waals surface area contributed by atoms with Gasteiger partial charge in [0.05, 0.1) is 5.41 Å². The molecule has 0 saturated carbocycles. The molecule has 0 fully saturated rings. The molecule has 0 atom stereocenters. The molecule has 2 rings (SSSR count). The average molecular weight is 283 g/mol. The average Bonchev–Trinajstić information content (AvgIpc) is 2.59. The van der Waals surface area contributed by atoms with Crippen molar-refractivity contribution in [2.75, 3.05) is 5.75 Å². The summed E-state index contributed by atoms with van der Waals surface area (Å²) in [5, 5.41) is 18.5. The van der Waals surface area contributed by atoms with Crippen LogP contribution in [0.15, 0.2) is 5.16 Å². The van der Waals surface area contributed by atoms with Crippen molar-refractivity contribution in [1.82, 2.24) is 14.8 Å². The molecular formula is C13H21N3O2S. The standard InChI is InChI=1S/C13H21N3O2S/c1-13(2,11(17)18)7-9-19-12-15-14-10-6-4-3-5-8-16(10)12/h3-9H2,1-2H3,(H,17,18). The van der Waals surface area contributed by atoms with E-state index in [4.69, 9.17) is 5.11 Å². The SMILES string of the molecule is CC(C)(CCSc1nnc2n1CCCCC2)C(=O)O. The lowest BCUT2D eigenvalue weighted by molar-refractivity contribution is -0.146. The van der Waals surface area contributed by atoms with Crippen molar-refractivity contribution in [2.24, 2.45) is 5.41 Å². The molecule has 1 aromatic heterocycles. The summed E-state index contributed by atoms with van der Waals surface area (Å²) < 4.78 is 2.20. The molecule has 2 heterocycles. The summed E-state index contributed by atoms with van der Waals surface area (Å²) in [7, 11) is 0. The van der Waals surface area contributed by atoms with Crippen LogP contribution < -0.4 is 0 Å². The van der Waals surface area contributed by atoms with E-state index >= 15 is 0 Å². The third kappa shape index (κ3) is 3.49.